The summed E-state index contributed by atoms with van der Waals surface area (Å²) in [6, 6.07) is 1.96. The molecular formula is C26H39N7O2. The van der Waals surface area contributed by atoms with E-state index in [9.17, 15) is 9.59 Å². The highest BCUT2D eigenvalue weighted by Crippen LogP contribution is 2.32. The standard InChI is InChI=1S/C26H39N7O2/c1-4-6-19(5-2)25(34)30-13-15-31(16-14-30)26(35)20-17-32(18-20)24-21-8-11-29(3)12-9-22(21)28-23-7-10-27-33(23)24/h7,10,19-20H,4-6,8-9,11-18H2,1-3H3. The highest BCUT2D eigenvalue weighted by Gasteiger charge is 2.39. The molecule has 5 rings (SSSR count). The molecule has 0 spiro atoms. The molecule has 35 heavy (non-hydrogen) atoms. The molecule has 9 nitrogen and oxygen atoms in total. The van der Waals surface area contributed by atoms with Gasteiger partial charge in [0.25, 0.3) is 0 Å². The second-order valence-corrected chi connectivity index (χ2v) is 10.4. The number of rotatable bonds is 6. The molecular weight excluding hydrogens is 442 g/mol. The third-order valence-electron chi connectivity index (χ3n) is 8.08. The first kappa shape index (κ1) is 24.0. The van der Waals surface area contributed by atoms with Crippen LogP contribution in [0.1, 0.15) is 44.4 Å². The Kier molecular flexibility index (Phi) is 6.95. The predicted molar refractivity (Wildman–Crippen MR) is 135 cm³/mol. The van der Waals surface area contributed by atoms with E-state index in [1.54, 1.807) is 0 Å². The lowest BCUT2D eigenvalue weighted by atomic mass is 9.96. The fraction of sp³-hybridized carbons (Fsp3) is 0.692. The molecule has 0 N–H and O–H groups in total. The topological polar surface area (TPSA) is 77.3 Å². The maximum atomic E-state index is 13.3. The summed E-state index contributed by atoms with van der Waals surface area (Å²) in [4.78, 5) is 39.6. The Morgan fingerprint density at radius 2 is 1.74 bits per heavy atom. The van der Waals surface area contributed by atoms with Crippen molar-refractivity contribution in [2.24, 2.45) is 11.8 Å². The highest BCUT2D eigenvalue weighted by molar-refractivity contribution is 5.83. The van der Waals surface area contributed by atoms with Gasteiger partial charge in [-0.2, -0.15) is 9.61 Å². The quantitative estimate of drug-likeness (QED) is 0.625. The monoisotopic (exact) mass is 481 g/mol. The lowest BCUT2D eigenvalue weighted by molar-refractivity contribution is -0.144. The van der Waals surface area contributed by atoms with Crippen LogP contribution in [0.25, 0.3) is 5.65 Å². The van der Waals surface area contributed by atoms with Gasteiger partial charge in [0.1, 0.15) is 5.82 Å². The van der Waals surface area contributed by atoms with E-state index in [-0.39, 0.29) is 23.7 Å². The van der Waals surface area contributed by atoms with Crippen molar-refractivity contribution in [2.45, 2.75) is 46.0 Å². The molecule has 0 bridgehead atoms. The summed E-state index contributed by atoms with van der Waals surface area (Å²) in [5, 5.41) is 4.56. The van der Waals surface area contributed by atoms with Crippen LogP contribution in [0, 0.1) is 11.8 Å². The number of anilines is 1. The predicted octanol–water partition coefficient (Wildman–Crippen LogP) is 1.69. The van der Waals surface area contributed by atoms with Gasteiger partial charge < -0.3 is 19.6 Å². The van der Waals surface area contributed by atoms with Crippen molar-refractivity contribution >= 4 is 23.3 Å². The number of amides is 2. The molecule has 2 fully saturated rings. The van der Waals surface area contributed by atoms with Crippen molar-refractivity contribution in [3.63, 3.8) is 0 Å². The Morgan fingerprint density at radius 3 is 2.46 bits per heavy atom. The van der Waals surface area contributed by atoms with Gasteiger partial charge in [-0.25, -0.2) is 4.98 Å². The van der Waals surface area contributed by atoms with Gasteiger partial charge in [0, 0.05) is 76.3 Å². The Balaban J connectivity index is 1.22. The van der Waals surface area contributed by atoms with Crippen LogP contribution in [0.3, 0.4) is 0 Å². The highest BCUT2D eigenvalue weighted by atomic mass is 16.2. The second-order valence-electron chi connectivity index (χ2n) is 10.4. The molecule has 3 aliphatic heterocycles. The van der Waals surface area contributed by atoms with Gasteiger partial charge >= 0.3 is 0 Å². The third kappa shape index (κ3) is 4.62. The lowest BCUT2D eigenvalue weighted by Crippen LogP contribution is -2.59. The minimum Gasteiger partial charge on any atom is -0.354 e. The van der Waals surface area contributed by atoms with Crippen LogP contribution in [0.5, 0.6) is 0 Å². The zero-order valence-corrected chi connectivity index (χ0v) is 21.4. The molecule has 2 aromatic heterocycles. The Labute approximate surface area is 208 Å². The Bertz CT molecular complexity index is 1070. The van der Waals surface area contributed by atoms with E-state index in [0.29, 0.717) is 39.3 Å². The van der Waals surface area contributed by atoms with E-state index in [0.717, 1.165) is 56.7 Å². The van der Waals surface area contributed by atoms with Crippen LogP contribution >= 0.6 is 0 Å². The Hall–Kier alpha value is -2.68. The van der Waals surface area contributed by atoms with Crippen LogP contribution < -0.4 is 4.90 Å². The number of carbonyl (C=O) groups excluding carboxylic acids is 2. The number of hydrogen-bond donors (Lipinski definition) is 0. The first-order valence-corrected chi connectivity index (χ1v) is 13.4. The number of aromatic nitrogens is 3. The summed E-state index contributed by atoms with van der Waals surface area (Å²) in [7, 11) is 2.16. The molecule has 0 saturated carbocycles. The molecule has 2 aromatic rings. The molecule has 1 atom stereocenters. The fourth-order valence-corrected chi connectivity index (χ4v) is 5.83. The van der Waals surface area contributed by atoms with E-state index in [1.165, 1.54) is 11.3 Å². The number of fused-ring (bicyclic) bond motifs is 2. The maximum absolute atomic E-state index is 13.3. The molecule has 0 radical (unpaired) electrons. The molecule has 2 amide bonds. The number of carbonyl (C=O) groups is 2. The fourth-order valence-electron chi connectivity index (χ4n) is 5.83. The van der Waals surface area contributed by atoms with E-state index < -0.39 is 0 Å². The largest absolute Gasteiger partial charge is 0.354 e. The van der Waals surface area contributed by atoms with Gasteiger partial charge in [-0.05, 0) is 26.3 Å². The summed E-state index contributed by atoms with van der Waals surface area (Å²) in [5.74, 6) is 1.74. The van der Waals surface area contributed by atoms with Gasteiger partial charge in [-0.1, -0.05) is 20.3 Å². The summed E-state index contributed by atoms with van der Waals surface area (Å²) < 4.78 is 1.95. The average molecular weight is 482 g/mol. The first-order valence-electron chi connectivity index (χ1n) is 13.4. The van der Waals surface area contributed by atoms with Crippen molar-refractivity contribution in [1.29, 1.82) is 0 Å². The van der Waals surface area contributed by atoms with Crippen LogP contribution in [-0.4, -0.2) is 101 Å². The van der Waals surface area contributed by atoms with Gasteiger partial charge in [0.05, 0.1) is 17.8 Å². The van der Waals surface area contributed by atoms with Crippen molar-refractivity contribution in [3.8, 4) is 0 Å². The molecule has 9 heteroatoms. The van der Waals surface area contributed by atoms with Gasteiger partial charge in [0.2, 0.25) is 11.8 Å². The zero-order valence-electron chi connectivity index (χ0n) is 21.4. The van der Waals surface area contributed by atoms with E-state index in [4.69, 9.17) is 4.98 Å². The number of hydrogen-bond acceptors (Lipinski definition) is 6. The molecule has 2 saturated heterocycles. The molecule has 3 aliphatic rings. The normalized spacial score (nSPS) is 20.5. The van der Waals surface area contributed by atoms with Gasteiger partial charge in [-0.3, -0.25) is 9.59 Å². The van der Waals surface area contributed by atoms with Crippen molar-refractivity contribution < 1.29 is 9.59 Å². The van der Waals surface area contributed by atoms with E-state index >= 15 is 0 Å². The van der Waals surface area contributed by atoms with Crippen molar-refractivity contribution in [1.82, 2.24) is 29.3 Å². The summed E-state index contributed by atoms with van der Waals surface area (Å²) in [6.07, 6.45) is 6.57. The van der Waals surface area contributed by atoms with Crippen LogP contribution in [0.4, 0.5) is 5.82 Å². The zero-order chi connectivity index (χ0) is 24.5. The van der Waals surface area contributed by atoms with Gasteiger partial charge in [-0.15, -0.1) is 0 Å². The minimum absolute atomic E-state index is 0.00334. The molecule has 0 aliphatic carbocycles. The van der Waals surface area contributed by atoms with Gasteiger partial charge in [0.15, 0.2) is 5.65 Å². The second kappa shape index (κ2) is 10.1. The van der Waals surface area contributed by atoms with E-state index in [1.807, 2.05) is 26.6 Å². The molecule has 5 heterocycles. The van der Waals surface area contributed by atoms with Crippen LogP contribution in [-0.2, 0) is 22.4 Å². The summed E-state index contributed by atoms with van der Waals surface area (Å²) in [5.41, 5.74) is 3.33. The first-order chi connectivity index (χ1) is 17.0. The molecule has 1 unspecified atom stereocenters. The minimum atomic E-state index is 0.00334. The maximum Gasteiger partial charge on any atom is 0.229 e. The van der Waals surface area contributed by atoms with Crippen molar-refractivity contribution in [3.05, 3.63) is 23.5 Å². The average Bonchev–Trinajstić information content (AvgIpc) is 3.23. The van der Waals surface area contributed by atoms with Crippen LogP contribution in [0.2, 0.25) is 0 Å². The molecule has 0 aromatic carbocycles. The number of likely N-dealkylation sites (N-methyl/N-ethyl adjacent to an activating group) is 1. The number of piperazine rings is 1. The summed E-state index contributed by atoms with van der Waals surface area (Å²) >= 11 is 0. The van der Waals surface area contributed by atoms with Crippen LogP contribution in [0.15, 0.2) is 12.3 Å². The summed E-state index contributed by atoms with van der Waals surface area (Å²) in [6.45, 7) is 10.3. The smallest absolute Gasteiger partial charge is 0.229 e. The van der Waals surface area contributed by atoms with E-state index in [2.05, 4.69) is 35.8 Å². The SMILES string of the molecule is CCCC(CC)C(=O)N1CCN(C(=O)C2CN(c3c4c(nc5ccnn35)CCN(C)CC4)C2)CC1. The molecule has 190 valence electrons. The van der Waals surface area contributed by atoms with Crippen molar-refractivity contribution in [2.75, 3.05) is 64.3 Å². The lowest BCUT2D eigenvalue weighted by Gasteiger charge is -2.44. The Morgan fingerprint density at radius 1 is 1.03 bits per heavy atom. The third-order valence-corrected chi connectivity index (χ3v) is 8.08. The number of nitrogens with zero attached hydrogens (tertiary/aromatic N) is 7.